The fraction of sp³-hybridized carbons (Fsp3) is 0.308. The molecule has 0 saturated heterocycles. The average Bonchev–Trinajstić information content (AvgIpc) is 2.26. The van der Waals surface area contributed by atoms with Crippen LogP contribution in [0.3, 0.4) is 0 Å². The number of methoxy groups -OCH3 is 1. The van der Waals surface area contributed by atoms with E-state index in [2.05, 4.69) is 22.5 Å². The number of ketones is 1. The third kappa shape index (κ3) is 3.49. The zero-order valence-electron chi connectivity index (χ0n) is 9.55. The number of halogens is 1. The normalized spacial score (nSPS) is 9.94. The Morgan fingerprint density at radius 1 is 1.44 bits per heavy atom. The summed E-state index contributed by atoms with van der Waals surface area (Å²) in [5, 5.41) is 0. The molecule has 1 aromatic rings. The molecule has 3 heteroatoms. The molecule has 16 heavy (non-hydrogen) atoms. The molecule has 0 unspecified atom stereocenters. The van der Waals surface area contributed by atoms with Gasteiger partial charge in [0.1, 0.15) is 5.75 Å². The molecule has 0 bridgehead atoms. The number of allylic oxidation sites excluding steroid dienone is 1. The van der Waals surface area contributed by atoms with Crippen molar-refractivity contribution < 1.29 is 9.53 Å². The van der Waals surface area contributed by atoms with Crippen molar-refractivity contribution in [2.75, 3.05) is 7.11 Å². The first-order valence-electron chi connectivity index (χ1n) is 5.05. The summed E-state index contributed by atoms with van der Waals surface area (Å²) in [5.74, 6) is 0.802. The van der Waals surface area contributed by atoms with Gasteiger partial charge in [-0.3, -0.25) is 4.79 Å². The van der Waals surface area contributed by atoms with Crippen molar-refractivity contribution in [3.05, 3.63) is 40.4 Å². The van der Waals surface area contributed by atoms with Gasteiger partial charge in [0.05, 0.1) is 7.11 Å². The average molecular weight is 283 g/mol. The summed E-state index contributed by atoms with van der Waals surface area (Å²) in [6.07, 6.45) is 1.21. The highest BCUT2D eigenvalue weighted by Crippen LogP contribution is 2.24. The summed E-state index contributed by atoms with van der Waals surface area (Å²) >= 11 is 3.37. The van der Waals surface area contributed by atoms with Crippen LogP contribution in [0.15, 0.2) is 34.8 Å². The van der Waals surface area contributed by atoms with Gasteiger partial charge in [0.2, 0.25) is 0 Å². The van der Waals surface area contributed by atoms with E-state index in [4.69, 9.17) is 4.74 Å². The molecule has 1 rings (SSSR count). The van der Waals surface area contributed by atoms with E-state index < -0.39 is 0 Å². The molecular formula is C13H15BrO2. The summed E-state index contributed by atoms with van der Waals surface area (Å²) in [4.78, 5) is 11.9. The van der Waals surface area contributed by atoms with Gasteiger partial charge in [-0.25, -0.2) is 0 Å². The highest BCUT2D eigenvalue weighted by molar-refractivity contribution is 9.10. The number of carbonyl (C=O) groups is 1. The molecule has 0 aliphatic rings. The largest absolute Gasteiger partial charge is 0.497 e. The number of ether oxygens (including phenoxy) is 1. The van der Waals surface area contributed by atoms with Gasteiger partial charge in [-0.05, 0) is 31.5 Å². The maximum Gasteiger partial charge on any atom is 0.164 e. The van der Waals surface area contributed by atoms with Crippen LogP contribution in [0.1, 0.15) is 30.1 Å². The van der Waals surface area contributed by atoms with Crippen LogP contribution in [-0.4, -0.2) is 12.9 Å². The Bertz CT molecular complexity index is 410. The zero-order chi connectivity index (χ0) is 12.1. The van der Waals surface area contributed by atoms with Crippen LogP contribution in [0.4, 0.5) is 0 Å². The maximum absolute atomic E-state index is 11.9. The molecule has 0 N–H and O–H groups in total. The third-order valence-corrected chi connectivity index (χ3v) is 2.94. The van der Waals surface area contributed by atoms with Crippen LogP contribution in [0, 0.1) is 0 Å². The van der Waals surface area contributed by atoms with Gasteiger partial charge in [-0.1, -0.05) is 21.5 Å². The number of hydrogen-bond donors (Lipinski definition) is 0. The Morgan fingerprint density at radius 2 is 2.12 bits per heavy atom. The smallest absolute Gasteiger partial charge is 0.164 e. The minimum absolute atomic E-state index is 0.105. The summed E-state index contributed by atoms with van der Waals surface area (Å²) in [6.45, 7) is 5.71. The molecule has 0 fully saturated rings. The van der Waals surface area contributed by atoms with Crippen LogP contribution in [-0.2, 0) is 0 Å². The maximum atomic E-state index is 11.9. The van der Waals surface area contributed by atoms with Gasteiger partial charge in [0, 0.05) is 16.5 Å². The predicted molar refractivity (Wildman–Crippen MR) is 69.1 cm³/mol. The molecule has 0 amide bonds. The van der Waals surface area contributed by atoms with Gasteiger partial charge in [0.25, 0.3) is 0 Å². The van der Waals surface area contributed by atoms with Crippen molar-refractivity contribution in [1.29, 1.82) is 0 Å². The molecule has 0 spiro atoms. The quantitative estimate of drug-likeness (QED) is 0.603. The van der Waals surface area contributed by atoms with Crippen molar-refractivity contribution in [3.63, 3.8) is 0 Å². The monoisotopic (exact) mass is 282 g/mol. The Morgan fingerprint density at radius 3 is 2.69 bits per heavy atom. The molecule has 0 aliphatic carbocycles. The molecule has 0 radical (unpaired) electrons. The molecule has 2 nitrogen and oxygen atoms in total. The van der Waals surface area contributed by atoms with Crippen LogP contribution in [0.25, 0.3) is 0 Å². The molecule has 86 valence electrons. The Labute approximate surface area is 104 Å². The summed E-state index contributed by atoms with van der Waals surface area (Å²) in [6, 6.07) is 5.40. The second kappa shape index (κ2) is 5.85. The lowest BCUT2D eigenvalue weighted by atomic mass is 10.0. The first kappa shape index (κ1) is 13.0. The van der Waals surface area contributed by atoms with Gasteiger partial charge >= 0.3 is 0 Å². The van der Waals surface area contributed by atoms with E-state index in [-0.39, 0.29) is 5.78 Å². The third-order valence-electron chi connectivity index (χ3n) is 2.25. The van der Waals surface area contributed by atoms with Crippen LogP contribution >= 0.6 is 15.9 Å². The standard InChI is InChI=1S/C13H15BrO2/c1-9(2)4-7-13(15)11-8-10(16-3)5-6-12(11)14/h5-6,8H,1,4,7H2,2-3H3. The molecule has 0 aromatic heterocycles. The number of benzene rings is 1. The predicted octanol–water partition coefficient (Wildman–Crippen LogP) is 4.00. The highest BCUT2D eigenvalue weighted by atomic mass is 79.9. The Kier molecular flexibility index (Phi) is 4.74. The number of hydrogen-bond acceptors (Lipinski definition) is 2. The summed E-state index contributed by atoms with van der Waals surface area (Å²) in [5.41, 5.74) is 1.69. The number of rotatable bonds is 5. The van der Waals surface area contributed by atoms with Gasteiger partial charge < -0.3 is 4.74 Å². The molecular weight excluding hydrogens is 268 g/mol. The molecule has 1 aromatic carbocycles. The van der Waals surface area contributed by atoms with E-state index in [1.807, 2.05) is 19.1 Å². The minimum Gasteiger partial charge on any atom is -0.497 e. The van der Waals surface area contributed by atoms with E-state index in [1.54, 1.807) is 13.2 Å². The molecule has 0 atom stereocenters. The van der Waals surface area contributed by atoms with Crippen LogP contribution < -0.4 is 4.74 Å². The lowest BCUT2D eigenvalue weighted by Crippen LogP contribution is -2.01. The van der Waals surface area contributed by atoms with E-state index in [0.29, 0.717) is 17.7 Å². The van der Waals surface area contributed by atoms with E-state index in [9.17, 15) is 4.79 Å². The Hall–Kier alpha value is -1.09. The SMILES string of the molecule is C=C(C)CCC(=O)c1cc(OC)ccc1Br. The van der Waals surface area contributed by atoms with Crippen molar-refractivity contribution in [3.8, 4) is 5.75 Å². The lowest BCUT2D eigenvalue weighted by molar-refractivity contribution is 0.0981. The number of carbonyl (C=O) groups excluding carboxylic acids is 1. The molecule has 0 aliphatic heterocycles. The summed E-state index contributed by atoms with van der Waals surface area (Å²) < 4.78 is 5.90. The van der Waals surface area contributed by atoms with E-state index in [0.717, 1.165) is 16.5 Å². The first-order chi connectivity index (χ1) is 7.54. The fourth-order valence-corrected chi connectivity index (χ4v) is 1.77. The van der Waals surface area contributed by atoms with Crippen molar-refractivity contribution in [2.45, 2.75) is 19.8 Å². The van der Waals surface area contributed by atoms with Crippen molar-refractivity contribution in [1.82, 2.24) is 0 Å². The fourth-order valence-electron chi connectivity index (χ4n) is 1.31. The van der Waals surface area contributed by atoms with Crippen LogP contribution in [0.5, 0.6) is 5.75 Å². The van der Waals surface area contributed by atoms with Gasteiger partial charge in [-0.15, -0.1) is 6.58 Å². The zero-order valence-corrected chi connectivity index (χ0v) is 11.1. The number of Topliss-reactive ketones (excluding diaryl/α,β-unsaturated/α-hetero) is 1. The van der Waals surface area contributed by atoms with E-state index in [1.165, 1.54) is 0 Å². The topological polar surface area (TPSA) is 26.3 Å². The Balaban J connectivity index is 2.85. The van der Waals surface area contributed by atoms with Crippen LogP contribution in [0.2, 0.25) is 0 Å². The van der Waals surface area contributed by atoms with Gasteiger partial charge in [-0.2, -0.15) is 0 Å². The van der Waals surface area contributed by atoms with Crippen molar-refractivity contribution in [2.24, 2.45) is 0 Å². The second-order valence-electron chi connectivity index (χ2n) is 3.73. The van der Waals surface area contributed by atoms with Gasteiger partial charge in [0.15, 0.2) is 5.78 Å². The highest BCUT2D eigenvalue weighted by Gasteiger charge is 2.11. The lowest BCUT2D eigenvalue weighted by Gasteiger charge is -2.06. The first-order valence-corrected chi connectivity index (χ1v) is 5.85. The van der Waals surface area contributed by atoms with Crippen molar-refractivity contribution >= 4 is 21.7 Å². The van der Waals surface area contributed by atoms with E-state index >= 15 is 0 Å². The minimum atomic E-state index is 0.105. The molecule has 0 heterocycles. The summed E-state index contributed by atoms with van der Waals surface area (Å²) in [7, 11) is 1.59. The molecule has 0 saturated carbocycles. The second-order valence-corrected chi connectivity index (χ2v) is 4.58.